The number of terminal acetylenes is 1. The lowest BCUT2D eigenvalue weighted by Crippen LogP contribution is -2.32. The lowest BCUT2D eigenvalue weighted by atomic mass is 9.75. The quantitative estimate of drug-likeness (QED) is 0.750. The Balaban J connectivity index is 1.98. The molecule has 1 aliphatic rings. The molecule has 0 unspecified atom stereocenters. The maximum atomic E-state index is 10.2. The molecule has 1 heteroatoms. The second-order valence-corrected chi connectivity index (χ2v) is 4.79. The van der Waals surface area contributed by atoms with Gasteiger partial charge in [-0.3, -0.25) is 0 Å². The Bertz CT molecular complexity index is 366. The van der Waals surface area contributed by atoms with Gasteiger partial charge in [0.25, 0.3) is 0 Å². The van der Waals surface area contributed by atoms with Crippen LogP contribution in [0.15, 0.2) is 30.3 Å². The van der Waals surface area contributed by atoms with E-state index in [0.29, 0.717) is 12.3 Å². The zero-order valence-corrected chi connectivity index (χ0v) is 9.52. The fourth-order valence-corrected chi connectivity index (χ4v) is 2.58. The number of benzene rings is 1. The molecule has 0 saturated heterocycles. The van der Waals surface area contributed by atoms with E-state index in [4.69, 9.17) is 6.42 Å². The molecule has 0 spiro atoms. The summed E-state index contributed by atoms with van der Waals surface area (Å²) >= 11 is 0. The summed E-state index contributed by atoms with van der Waals surface area (Å²) in [5, 5.41) is 10.2. The summed E-state index contributed by atoms with van der Waals surface area (Å²) in [5.74, 6) is 3.18. The molecular weight excluding hydrogens is 196 g/mol. The summed E-state index contributed by atoms with van der Waals surface area (Å²) in [7, 11) is 0. The molecular formula is C15H18O. The van der Waals surface area contributed by atoms with Gasteiger partial charge in [-0.2, -0.15) is 0 Å². The Hall–Kier alpha value is -1.26. The van der Waals surface area contributed by atoms with Crippen LogP contribution in [-0.2, 0) is 0 Å². The van der Waals surface area contributed by atoms with Crippen molar-refractivity contribution in [3.05, 3.63) is 35.9 Å². The summed E-state index contributed by atoms with van der Waals surface area (Å²) in [6, 6.07) is 10.6. The molecule has 84 valence electrons. The first-order chi connectivity index (χ1) is 7.73. The minimum atomic E-state index is -0.597. The van der Waals surface area contributed by atoms with Crippen LogP contribution in [0.5, 0.6) is 0 Å². The average Bonchev–Trinajstić information content (AvgIpc) is 2.31. The predicted molar refractivity (Wildman–Crippen MR) is 66.1 cm³/mol. The van der Waals surface area contributed by atoms with Crippen molar-refractivity contribution in [2.45, 2.75) is 43.6 Å². The summed E-state index contributed by atoms with van der Waals surface area (Å²) < 4.78 is 0. The number of hydrogen-bond donors (Lipinski definition) is 1. The second-order valence-electron chi connectivity index (χ2n) is 4.79. The molecule has 0 heterocycles. The fraction of sp³-hybridized carbons (Fsp3) is 0.467. The van der Waals surface area contributed by atoms with Crippen molar-refractivity contribution in [2.75, 3.05) is 0 Å². The van der Waals surface area contributed by atoms with Crippen molar-refractivity contribution in [1.29, 1.82) is 0 Å². The Kier molecular flexibility index (Phi) is 3.31. The van der Waals surface area contributed by atoms with Gasteiger partial charge in [0.1, 0.15) is 0 Å². The second kappa shape index (κ2) is 4.72. The molecule has 0 aromatic heterocycles. The van der Waals surface area contributed by atoms with Gasteiger partial charge in [0.15, 0.2) is 0 Å². The lowest BCUT2D eigenvalue weighted by molar-refractivity contribution is 0.00393. The molecule has 0 bridgehead atoms. The van der Waals surface area contributed by atoms with Crippen LogP contribution in [0.3, 0.4) is 0 Å². The minimum Gasteiger partial charge on any atom is -0.389 e. The van der Waals surface area contributed by atoms with Crippen molar-refractivity contribution in [3.8, 4) is 12.3 Å². The van der Waals surface area contributed by atoms with E-state index in [1.165, 1.54) is 5.56 Å². The first-order valence-corrected chi connectivity index (χ1v) is 5.94. The first kappa shape index (κ1) is 11.2. The molecule has 0 radical (unpaired) electrons. The van der Waals surface area contributed by atoms with Gasteiger partial charge in [-0.15, -0.1) is 12.3 Å². The van der Waals surface area contributed by atoms with Gasteiger partial charge in [0, 0.05) is 6.42 Å². The molecule has 0 aliphatic heterocycles. The van der Waals surface area contributed by atoms with Gasteiger partial charge in [0.2, 0.25) is 0 Å². The lowest BCUT2D eigenvalue weighted by Gasteiger charge is -2.35. The van der Waals surface area contributed by atoms with Gasteiger partial charge < -0.3 is 5.11 Å². The summed E-state index contributed by atoms with van der Waals surface area (Å²) in [6.45, 7) is 0. The Morgan fingerprint density at radius 3 is 2.44 bits per heavy atom. The Morgan fingerprint density at radius 1 is 1.25 bits per heavy atom. The van der Waals surface area contributed by atoms with E-state index < -0.39 is 5.60 Å². The average molecular weight is 214 g/mol. The number of hydrogen-bond acceptors (Lipinski definition) is 1. The highest BCUT2D eigenvalue weighted by Gasteiger charge is 2.32. The van der Waals surface area contributed by atoms with Gasteiger partial charge in [0.05, 0.1) is 5.60 Å². The van der Waals surface area contributed by atoms with Crippen LogP contribution in [-0.4, -0.2) is 10.7 Å². The smallest absolute Gasteiger partial charge is 0.0756 e. The zero-order valence-electron chi connectivity index (χ0n) is 9.52. The molecule has 1 nitrogen and oxygen atoms in total. The van der Waals surface area contributed by atoms with E-state index in [9.17, 15) is 5.11 Å². The predicted octanol–water partition coefficient (Wildman–Crippen LogP) is 3.10. The Morgan fingerprint density at radius 2 is 1.88 bits per heavy atom. The monoisotopic (exact) mass is 214 g/mol. The summed E-state index contributed by atoms with van der Waals surface area (Å²) in [5.41, 5.74) is 0.797. The van der Waals surface area contributed by atoms with E-state index >= 15 is 0 Å². The van der Waals surface area contributed by atoms with Crippen LogP contribution < -0.4 is 0 Å². The topological polar surface area (TPSA) is 20.2 Å². The largest absolute Gasteiger partial charge is 0.389 e. The molecule has 1 N–H and O–H groups in total. The van der Waals surface area contributed by atoms with Crippen molar-refractivity contribution in [1.82, 2.24) is 0 Å². The van der Waals surface area contributed by atoms with Crippen LogP contribution in [0, 0.1) is 12.3 Å². The van der Waals surface area contributed by atoms with Crippen molar-refractivity contribution in [2.24, 2.45) is 0 Å². The van der Waals surface area contributed by atoms with E-state index in [0.717, 1.165) is 25.7 Å². The molecule has 1 aromatic rings. The van der Waals surface area contributed by atoms with Crippen molar-refractivity contribution < 1.29 is 5.11 Å². The molecule has 1 aliphatic carbocycles. The highest BCUT2D eigenvalue weighted by atomic mass is 16.3. The first-order valence-electron chi connectivity index (χ1n) is 5.94. The molecule has 16 heavy (non-hydrogen) atoms. The van der Waals surface area contributed by atoms with Crippen molar-refractivity contribution >= 4 is 0 Å². The van der Waals surface area contributed by atoms with Gasteiger partial charge in [-0.05, 0) is 37.2 Å². The SMILES string of the molecule is C#CCC1(O)CCC(c2ccccc2)CC1. The third-order valence-electron chi connectivity index (χ3n) is 3.62. The normalized spacial score (nSPS) is 29.6. The highest BCUT2D eigenvalue weighted by Crippen LogP contribution is 2.39. The summed E-state index contributed by atoms with van der Waals surface area (Å²) in [6.07, 6.45) is 9.52. The maximum Gasteiger partial charge on any atom is 0.0756 e. The summed E-state index contributed by atoms with van der Waals surface area (Å²) in [4.78, 5) is 0. The van der Waals surface area contributed by atoms with E-state index in [1.807, 2.05) is 6.07 Å². The third-order valence-corrected chi connectivity index (χ3v) is 3.62. The standard InChI is InChI=1S/C15H18O/c1-2-10-15(16)11-8-14(9-12-15)13-6-4-3-5-7-13/h1,3-7,14,16H,8-12H2. The fourth-order valence-electron chi connectivity index (χ4n) is 2.58. The molecule has 2 rings (SSSR count). The number of rotatable bonds is 2. The minimum absolute atomic E-state index is 0.495. The molecule has 1 aromatic carbocycles. The van der Waals surface area contributed by atoms with Crippen LogP contribution in [0.2, 0.25) is 0 Å². The highest BCUT2D eigenvalue weighted by molar-refractivity contribution is 5.20. The van der Waals surface area contributed by atoms with E-state index in [-0.39, 0.29) is 0 Å². The molecule has 0 amide bonds. The van der Waals surface area contributed by atoms with Gasteiger partial charge >= 0.3 is 0 Å². The van der Waals surface area contributed by atoms with Crippen LogP contribution in [0.1, 0.15) is 43.6 Å². The molecule has 1 fully saturated rings. The van der Waals surface area contributed by atoms with Crippen LogP contribution in [0.4, 0.5) is 0 Å². The molecule has 0 atom stereocenters. The van der Waals surface area contributed by atoms with Gasteiger partial charge in [-0.25, -0.2) is 0 Å². The van der Waals surface area contributed by atoms with Gasteiger partial charge in [-0.1, -0.05) is 30.3 Å². The van der Waals surface area contributed by atoms with Crippen molar-refractivity contribution in [3.63, 3.8) is 0 Å². The van der Waals surface area contributed by atoms with E-state index in [2.05, 4.69) is 30.2 Å². The van der Waals surface area contributed by atoms with Crippen LogP contribution >= 0.6 is 0 Å². The number of aliphatic hydroxyl groups is 1. The third kappa shape index (κ3) is 2.46. The zero-order chi connectivity index (χ0) is 11.4. The van der Waals surface area contributed by atoms with Crippen LogP contribution in [0.25, 0.3) is 0 Å². The Labute approximate surface area is 97.5 Å². The maximum absolute atomic E-state index is 10.2. The molecule has 1 saturated carbocycles. The van der Waals surface area contributed by atoms with E-state index in [1.54, 1.807) is 0 Å².